The van der Waals surface area contributed by atoms with Gasteiger partial charge in [0.2, 0.25) is 10.0 Å². The van der Waals surface area contributed by atoms with Gasteiger partial charge in [-0.25, -0.2) is 23.1 Å². The highest BCUT2D eigenvalue weighted by Crippen LogP contribution is 2.23. The molecule has 2 aromatic carbocycles. The Kier molecular flexibility index (Phi) is 14.8. The van der Waals surface area contributed by atoms with Crippen molar-refractivity contribution >= 4 is 27.7 Å². The van der Waals surface area contributed by atoms with Gasteiger partial charge in [-0.05, 0) is 112 Å². The van der Waals surface area contributed by atoms with Crippen LogP contribution >= 0.6 is 0 Å². The number of primary sulfonamides is 1. The summed E-state index contributed by atoms with van der Waals surface area (Å²) in [6.07, 6.45) is -3.40. The standard InChI is InChI=1S/C26H35N3O3S.2C2HF3O2/c27-33(31,32)25-7-3-20(4-8-25)18-21-11-16-29(17-12-21)15-1-2-26(30)24-6-5-22-9-13-28-14-10-23(22)19-24;2*3-2(4,5)1(6)7/h3-8,19,21,28H,1-2,9-18H2,(H2,27,31,32);2*(H,6,7). The first kappa shape index (κ1) is 39.6. The number of rotatable bonds is 8. The second-order valence-electron chi connectivity index (χ2n) is 11.0. The number of sulfonamides is 1. The lowest BCUT2D eigenvalue weighted by Crippen LogP contribution is -2.35. The number of carbonyl (C=O) groups excluding carboxylic acids is 1. The summed E-state index contributed by atoms with van der Waals surface area (Å²) >= 11 is 0. The van der Waals surface area contributed by atoms with E-state index in [1.807, 2.05) is 18.2 Å². The molecule has 0 aliphatic carbocycles. The maximum Gasteiger partial charge on any atom is 0.490 e. The maximum absolute atomic E-state index is 12.7. The van der Waals surface area contributed by atoms with E-state index in [0.717, 1.165) is 82.4 Å². The van der Waals surface area contributed by atoms with E-state index in [9.17, 15) is 39.6 Å². The molecule has 2 aliphatic heterocycles. The van der Waals surface area contributed by atoms with Crippen LogP contribution < -0.4 is 10.5 Å². The third-order valence-electron chi connectivity index (χ3n) is 7.52. The zero-order valence-corrected chi connectivity index (χ0v) is 26.1. The molecule has 0 amide bonds. The van der Waals surface area contributed by atoms with Gasteiger partial charge in [-0.1, -0.05) is 24.3 Å². The molecule has 1 saturated heterocycles. The zero-order chi connectivity index (χ0) is 35.4. The number of nitrogens with two attached hydrogens (primary N) is 1. The van der Waals surface area contributed by atoms with Gasteiger partial charge in [0.1, 0.15) is 0 Å². The molecular formula is C30H37F6N3O7S. The molecule has 5 N–H and O–H groups in total. The van der Waals surface area contributed by atoms with E-state index in [-0.39, 0.29) is 10.7 Å². The van der Waals surface area contributed by atoms with Crippen molar-refractivity contribution in [2.75, 3.05) is 32.7 Å². The highest BCUT2D eigenvalue weighted by molar-refractivity contribution is 7.89. The summed E-state index contributed by atoms with van der Waals surface area (Å²) in [7, 11) is -3.63. The molecule has 0 unspecified atom stereocenters. The first-order chi connectivity index (χ1) is 21.8. The average molecular weight is 698 g/mol. The van der Waals surface area contributed by atoms with Crippen LogP contribution in [-0.4, -0.2) is 86.3 Å². The predicted molar refractivity (Wildman–Crippen MR) is 158 cm³/mol. The first-order valence-corrected chi connectivity index (χ1v) is 16.1. The number of carbonyl (C=O) groups is 3. The molecule has 0 atom stereocenters. The summed E-state index contributed by atoms with van der Waals surface area (Å²) < 4.78 is 86.3. The smallest absolute Gasteiger partial charge is 0.475 e. The lowest BCUT2D eigenvalue weighted by molar-refractivity contribution is -0.193. The molecular weight excluding hydrogens is 660 g/mol. The largest absolute Gasteiger partial charge is 0.490 e. The van der Waals surface area contributed by atoms with E-state index < -0.39 is 34.3 Å². The minimum Gasteiger partial charge on any atom is -0.475 e. The molecule has 262 valence electrons. The fraction of sp³-hybridized carbons (Fsp3) is 0.500. The van der Waals surface area contributed by atoms with Gasteiger partial charge in [-0.15, -0.1) is 0 Å². The van der Waals surface area contributed by atoms with Crippen LogP contribution in [0.4, 0.5) is 26.3 Å². The number of Topliss-reactive ketones (excluding diaryl/α,β-unsaturated/α-hetero) is 1. The quantitative estimate of drug-likeness (QED) is 0.234. The third-order valence-corrected chi connectivity index (χ3v) is 8.45. The van der Waals surface area contributed by atoms with E-state index in [1.165, 1.54) is 11.1 Å². The van der Waals surface area contributed by atoms with Crippen LogP contribution in [0.15, 0.2) is 47.4 Å². The normalized spacial score (nSPS) is 16.0. The van der Waals surface area contributed by atoms with Crippen LogP contribution in [0.3, 0.4) is 0 Å². The van der Waals surface area contributed by atoms with Crippen molar-refractivity contribution in [3.8, 4) is 0 Å². The van der Waals surface area contributed by atoms with Gasteiger partial charge in [0.15, 0.2) is 5.78 Å². The van der Waals surface area contributed by atoms with Crippen LogP contribution in [0.5, 0.6) is 0 Å². The number of halogens is 6. The molecule has 0 saturated carbocycles. The molecule has 0 spiro atoms. The highest BCUT2D eigenvalue weighted by atomic mass is 32.2. The fourth-order valence-electron chi connectivity index (χ4n) is 5.02. The van der Waals surface area contributed by atoms with E-state index >= 15 is 0 Å². The predicted octanol–water partition coefficient (Wildman–Crippen LogP) is 4.21. The summed E-state index contributed by atoms with van der Waals surface area (Å²) in [4.78, 5) is 33.1. The van der Waals surface area contributed by atoms with Gasteiger partial charge in [0.25, 0.3) is 0 Å². The number of carboxylic acids is 2. The molecule has 10 nitrogen and oxygen atoms in total. The second-order valence-corrected chi connectivity index (χ2v) is 12.6. The number of piperidine rings is 1. The van der Waals surface area contributed by atoms with Crippen molar-refractivity contribution in [3.63, 3.8) is 0 Å². The number of likely N-dealkylation sites (tertiary alicyclic amines) is 1. The number of hydrogen-bond acceptors (Lipinski definition) is 7. The molecule has 2 heterocycles. The Balaban J connectivity index is 0.000000459. The third kappa shape index (κ3) is 14.4. The van der Waals surface area contributed by atoms with E-state index in [0.29, 0.717) is 12.3 Å². The van der Waals surface area contributed by atoms with E-state index in [2.05, 4.69) is 22.3 Å². The first-order valence-electron chi connectivity index (χ1n) is 14.6. The summed E-state index contributed by atoms with van der Waals surface area (Å²) in [6.45, 7) is 5.08. The van der Waals surface area contributed by atoms with Gasteiger partial charge >= 0.3 is 24.3 Å². The molecule has 0 aromatic heterocycles. The number of ketones is 1. The Labute approximate surface area is 268 Å². The van der Waals surface area contributed by atoms with E-state index in [4.69, 9.17) is 24.9 Å². The van der Waals surface area contributed by atoms with Crippen LogP contribution in [0, 0.1) is 5.92 Å². The number of benzene rings is 2. The van der Waals surface area contributed by atoms with Gasteiger partial charge in [-0.3, -0.25) is 4.79 Å². The van der Waals surface area contributed by atoms with Crippen molar-refractivity contribution in [2.24, 2.45) is 11.1 Å². The minimum atomic E-state index is -5.08. The molecule has 2 aromatic rings. The van der Waals surface area contributed by atoms with Crippen molar-refractivity contribution in [3.05, 3.63) is 64.7 Å². The summed E-state index contributed by atoms with van der Waals surface area (Å²) in [5, 5.41) is 22.8. The van der Waals surface area contributed by atoms with Crippen LogP contribution in [0.25, 0.3) is 0 Å². The molecule has 0 radical (unpaired) electrons. The summed E-state index contributed by atoms with van der Waals surface area (Å²) in [5.74, 6) is -4.65. The van der Waals surface area contributed by atoms with Crippen LogP contribution in [0.2, 0.25) is 0 Å². The number of hydrogen-bond donors (Lipinski definition) is 4. The number of alkyl halides is 6. The van der Waals surface area contributed by atoms with Crippen LogP contribution in [0.1, 0.15) is 52.7 Å². The minimum absolute atomic E-state index is 0.165. The zero-order valence-electron chi connectivity index (χ0n) is 25.2. The number of fused-ring (bicyclic) bond motifs is 1. The van der Waals surface area contributed by atoms with Crippen molar-refractivity contribution in [1.82, 2.24) is 10.2 Å². The molecule has 2 aliphatic rings. The Hall–Kier alpha value is -3.54. The average Bonchev–Trinajstić information content (AvgIpc) is 3.22. The number of nitrogens with one attached hydrogen (secondary N) is 1. The molecule has 1 fully saturated rings. The van der Waals surface area contributed by atoms with Gasteiger partial charge in [0.05, 0.1) is 4.90 Å². The topological polar surface area (TPSA) is 167 Å². The van der Waals surface area contributed by atoms with Gasteiger partial charge in [-0.2, -0.15) is 26.3 Å². The van der Waals surface area contributed by atoms with Crippen molar-refractivity contribution < 1.29 is 59.4 Å². The lowest BCUT2D eigenvalue weighted by atomic mass is 9.90. The number of aliphatic carboxylic acids is 2. The van der Waals surface area contributed by atoms with Gasteiger partial charge < -0.3 is 20.4 Å². The second kappa shape index (κ2) is 17.6. The van der Waals surface area contributed by atoms with Crippen molar-refractivity contribution in [1.29, 1.82) is 0 Å². The fourth-order valence-corrected chi connectivity index (χ4v) is 5.53. The number of nitrogens with zero attached hydrogens (tertiary/aromatic N) is 1. The molecule has 0 bridgehead atoms. The summed E-state index contributed by atoms with van der Waals surface area (Å²) in [5.41, 5.74) is 4.72. The SMILES string of the molecule is NS(=O)(=O)c1ccc(CC2CCN(CCCC(=O)c3ccc4c(c3)CCNCC4)CC2)cc1.O=C(O)C(F)(F)F.O=C(O)C(F)(F)F. The monoisotopic (exact) mass is 697 g/mol. The molecule has 17 heteroatoms. The van der Waals surface area contributed by atoms with Crippen molar-refractivity contribution in [2.45, 2.75) is 62.2 Å². The maximum atomic E-state index is 12.7. The Morgan fingerprint density at radius 2 is 1.36 bits per heavy atom. The Morgan fingerprint density at radius 1 is 0.851 bits per heavy atom. The summed E-state index contributed by atoms with van der Waals surface area (Å²) in [6, 6.07) is 13.2. The van der Waals surface area contributed by atoms with Crippen LogP contribution in [-0.2, 0) is 38.9 Å². The molecule has 47 heavy (non-hydrogen) atoms. The van der Waals surface area contributed by atoms with Gasteiger partial charge in [0, 0.05) is 12.0 Å². The lowest BCUT2D eigenvalue weighted by Gasteiger charge is -2.32. The molecule has 4 rings (SSSR count). The number of carboxylic acid groups (broad SMARTS) is 2. The van der Waals surface area contributed by atoms with E-state index in [1.54, 1.807) is 12.1 Å². The Bertz CT molecular complexity index is 1430. The highest BCUT2D eigenvalue weighted by Gasteiger charge is 2.38. The Morgan fingerprint density at radius 3 is 1.85 bits per heavy atom.